The molecule has 0 N–H and O–H groups in total. The Kier molecular flexibility index (Phi) is 45.2. The van der Waals surface area contributed by atoms with E-state index in [9.17, 15) is 0 Å². The second-order valence-electron chi connectivity index (χ2n) is 38.6. The molecule has 2 unspecified atom stereocenters. The Bertz CT molecular complexity index is 5060. The largest absolute Gasteiger partial charge is 0.306 e. The summed E-state index contributed by atoms with van der Waals surface area (Å²) in [4.78, 5) is 65.8. The first-order chi connectivity index (χ1) is 63.8. The summed E-state index contributed by atoms with van der Waals surface area (Å²) in [5, 5.41) is 0. The van der Waals surface area contributed by atoms with E-state index in [4.69, 9.17) is 0 Å². The highest BCUT2D eigenvalue weighted by molar-refractivity contribution is 7.31. The van der Waals surface area contributed by atoms with Crippen LogP contribution in [-0.4, -0.2) is 34.7 Å². The van der Waals surface area contributed by atoms with Crippen LogP contribution < -0.4 is 0 Å². The molecule has 710 valence electrons. The Hall–Kier alpha value is -4.58. The second kappa shape index (κ2) is 56.3. The van der Waals surface area contributed by atoms with Gasteiger partial charge in [0.15, 0.2) is 0 Å². The van der Waals surface area contributed by atoms with Gasteiger partial charge >= 0.3 is 0 Å². The Morgan fingerprint density at radius 3 is 0.808 bits per heavy atom. The van der Waals surface area contributed by atoms with Crippen LogP contribution in [0.25, 0.3) is 89.4 Å². The van der Waals surface area contributed by atoms with Gasteiger partial charge in [-0.15, -0.1) is 113 Å². The van der Waals surface area contributed by atoms with Gasteiger partial charge in [0, 0.05) is 101 Å². The van der Waals surface area contributed by atoms with Crippen LogP contribution in [0.15, 0.2) is 96.1 Å². The lowest BCUT2D eigenvalue weighted by Gasteiger charge is -2.29. The molecule has 12 heterocycles. The van der Waals surface area contributed by atoms with Crippen molar-refractivity contribution in [1.82, 2.24) is 9.80 Å². The van der Waals surface area contributed by atoms with E-state index in [0.717, 1.165) is 85.4 Å². The molecule has 0 spiro atoms. The fraction of sp³-hybridized carbons (Fsp3) is 0.603. The van der Waals surface area contributed by atoms with Crippen LogP contribution in [0, 0.1) is 25.7 Å². The Morgan fingerprint density at radius 1 is 0.223 bits per heavy atom. The lowest BCUT2D eigenvalue weighted by Crippen LogP contribution is -2.34. The first kappa shape index (κ1) is 104. The van der Waals surface area contributed by atoms with Crippen molar-refractivity contribution in [3.05, 3.63) is 149 Å². The van der Waals surface area contributed by atoms with E-state index in [2.05, 4.69) is 212 Å². The van der Waals surface area contributed by atoms with Crippen molar-refractivity contribution in [2.45, 2.75) is 430 Å². The number of amides is 2. The molecule has 10 aromatic rings. The maximum Gasteiger partial charge on any atom is 0.261 e. The van der Waals surface area contributed by atoms with Gasteiger partial charge in [0.05, 0.1) is 32.3 Å². The van der Waals surface area contributed by atoms with E-state index in [1.54, 1.807) is 11.1 Å². The summed E-state index contributed by atoms with van der Waals surface area (Å²) < 4.78 is 0. The fourth-order valence-corrected chi connectivity index (χ4v) is 32.0. The van der Waals surface area contributed by atoms with E-state index >= 15 is 9.59 Å². The fourth-order valence-electron chi connectivity index (χ4n) is 19.9. The maximum atomic E-state index is 17.0. The second-order valence-corrected chi connectivity index (χ2v) is 49.7. The first-order valence-electron chi connectivity index (χ1n) is 53.0. The van der Waals surface area contributed by atoms with Crippen molar-refractivity contribution in [3.63, 3.8) is 0 Å². The molecule has 2 aliphatic heterocycles. The molecular formula is C116H164N2O2S10. The number of thiophene rings is 10. The molecule has 0 bridgehead atoms. The average molecular weight is 1940 g/mol. The van der Waals surface area contributed by atoms with Crippen molar-refractivity contribution >= 4 is 137 Å². The predicted octanol–water partition coefficient (Wildman–Crippen LogP) is 41.5. The van der Waals surface area contributed by atoms with E-state index < -0.39 is 0 Å². The highest BCUT2D eigenvalue weighted by Gasteiger charge is 2.50. The van der Waals surface area contributed by atoms with E-state index in [0.29, 0.717) is 36.1 Å². The van der Waals surface area contributed by atoms with E-state index in [1.807, 2.05) is 79.4 Å². The van der Waals surface area contributed by atoms with Crippen LogP contribution in [-0.2, 0) is 48.1 Å². The number of hydrogen-bond acceptors (Lipinski definition) is 12. The predicted molar refractivity (Wildman–Crippen MR) is 589 cm³/mol. The monoisotopic (exact) mass is 1940 g/mol. The van der Waals surface area contributed by atoms with Crippen molar-refractivity contribution in [2.24, 2.45) is 11.8 Å². The minimum absolute atomic E-state index is 0.0513. The summed E-state index contributed by atoms with van der Waals surface area (Å²) in [5.74, 6) is 0.769. The van der Waals surface area contributed by atoms with Gasteiger partial charge in [-0.1, -0.05) is 313 Å². The maximum absolute atomic E-state index is 17.0. The van der Waals surface area contributed by atoms with Gasteiger partial charge in [-0.3, -0.25) is 9.59 Å². The lowest BCUT2D eigenvalue weighted by atomic mass is 9.93. The zero-order valence-electron chi connectivity index (χ0n) is 82.6. The molecule has 14 heteroatoms. The smallest absolute Gasteiger partial charge is 0.261 e. The van der Waals surface area contributed by atoms with Crippen LogP contribution in [0.2, 0.25) is 0 Å². The zero-order valence-corrected chi connectivity index (χ0v) is 90.8. The number of fused-ring (bicyclic) bond motifs is 1. The summed E-state index contributed by atoms with van der Waals surface area (Å²) in [5.41, 5.74) is 12.2. The van der Waals surface area contributed by atoms with Crippen LogP contribution in [0.5, 0.6) is 0 Å². The van der Waals surface area contributed by atoms with Gasteiger partial charge in [0.25, 0.3) is 11.8 Å². The molecule has 10 aromatic heterocycles. The van der Waals surface area contributed by atoms with Gasteiger partial charge in [-0.05, 0) is 247 Å². The summed E-state index contributed by atoms with van der Waals surface area (Å²) >= 11 is 19.9. The molecule has 0 saturated heterocycles. The third-order valence-corrected chi connectivity index (χ3v) is 40.4. The van der Waals surface area contributed by atoms with Crippen LogP contribution in [0.3, 0.4) is 0 Å². The minimum atomic E-state index is 0.0513. The molecule has 0 fully saturated rings. The summed E-state index contributed by atoms with van der Waals surface area (Å²) in [6.45, 7) is 29.2. The molecule has 12 rings (SSSR count). The molecular weight excluding hydrogens is 1770 g/mol. The SMILES string of the molecule is CCCCCCCCC(CCCCCC)CN1C(=O)C2=C(c3ccc(-c4cc(CCCCCC)c(-c5cc(CCCCCC)c(-c6ccc(-c7cc(CCCCCC)c(-c8sc(-c9ccc(C)s9)cc8CCCCCC)s7)s6)s5)s4)s3)N(CC(CCCCCC)CCCCCCCC)C(=O)C2=C1c1ccc(-c2cc(CCCCCC)c(-c3cc(CCCCCC)c(C)s3)s2)s1. The van der Waals surface area contributed by atoms with E-state index in [1.165, 1.54) is 393 Å². The van der Waals surface area contributed by atoms with Gasteiger partial charge in [0.1, 0.15) is 0 Å². The number of nitrogens with zero attached hydrogens (tertiary/aromatic N) is 2. The summed E-state index contributed by atoms with van der Waals surface area (Å²) in [6, 6.07) is 34.6. The number of unbranched alkanes of at least 4 members (excludes halogenated alkanes) is 34. The van der Waals surface area contributed by atoms with Crippen LogP contribution in [0.1, 0.15) is 430 Å². The van der Waals surface area contributed by atoms with Gasteiger partial charge in [-0.2, -0.15) is 0 Å². The van der Waals surface area contributed by atoms with Crippen molar-refractivity contribution in [3.8, 4) is 78.0 Å². The lowest BCUT2D eigenvalue weighted by molar-refractivity contribution is -0.124. The number of rotatable bonds is 68. The topological polar surface area (TPSA) is 40.6 Å². The molecule has 0 saturated carbocycles. The highest BCUT2D eigenvalue weighted by Crippen LogP contribution is 2.56. The van der Waals surface area contributed by atoms with Crippen LogP contribution in [0.4, 0.5) is 0 Å². The Morgan fingerprint density at radius 2 is 0.462 bits per heavy atom. The highest BCUT2D eigenvalue weighted by atomic mass is 32.1. The molecule has 2 atom stereocenters. The Balaban J connectivity index is 0.968. The molecule has 2 aliphatic rings. The van der Waals surface area contributed by atoms with Crippen molar-refractivity contribution in [2.75, 3.05) is 13.1 Å². The molecule has 0 radical (unpaired) electrons. The summed E-state index contributed by atoms with van der Waals surface area (Å²) in [7, 11) is 0. The summed E-state index contributed by atoms with van der Waals surface area (Å²) in [6.07, 6.45) is 65.8. The Labute approximate surface area is 830 Å². The van der Waals surface area contributed by atoms with Crippen LogP contribution >= 0.6 is 113 Å². The van der Waals surface area contributed by atoms with Crippen molar-refractivity contribution in [1.29, 1.82) is 0 Å². The quantitative estimate of drug-likeness (QED) is 0.0357. The molecule has 0 aliphatic carbocycles. The minimum Gasteiger partial charge on any atom is -0.306 e. The van der Waals surface area contributed by atoms with Crippen molar-refractivity contribution < 1.29 is 9.59 Å². The third-order valence-electron chi connectivity index (χ3n) is 27.7. The first-order valence-corrected chi connectivity index (χ1v) is 61.2. The number of hydrogen-bond donors (Lipinski definition) is 0. The number of carbonyl (C=O) groups excluding carboxylic acids is 2. The third kappa shape index (κ3) is 29.3. The molecule has 0 aromatic carbocycles. The molecule has 130 heavy (non-hydrogen) atoms. The van der Waals surface area contributed by atoms with Gasteiger partial charge < -0.3 is 9.80 Å². The van der Waals surface area contributed by atoms with Gasteiger partial charge in [-0.25, -0.2) is 0 Å². The van der Waals surface area contributed by atoms with Gasteiger partial charge in [0.2, 0.25) is 0 Å². The zero-order chi connectivity index (χ0) is 91.4. The normalized spacial score (nSPS) is 13.6. The standard InChI is InChI=1S/C116H164N2O2S10/c1-13-23-33-43-45-49-59-85(57-47-35-25-15-3)81-117-108(97-72-69-94(123-97)101-76-88(62-52-38-28-18-6)111(126-101)104-75-87(84(12)122-104)61-51-37-27-17-5)106-107(116(117)120)109(118(115(106)119)82-86(58-48-36-26-16-4)60-50-46-44-34-24-14-2)98-73-70-95(124-98)102-77-89(63-53-39-29-19-7)112(127-102)105-80-90(64-54-40-30-20-8)110(130-105)99-74-71-96(125-99)103-79-92(66-56-42-32-22-10)114(129-103)113-91(65-55-41-31-21-9)78-100(128-113)93-68-67-83(11)121-93/h67-80,85-86H,13-66,81-82H2,1-12H3. The number of aryl methyl sites for hydroxylation is 8. The molecule has 2 amide bonds. The average Bonchev–Trinajstić information content (AvgIpc) is 1.55. The molecule has 4 nitrogen and oxygen atoms in total. The number of carbonyl (C=O) groups is 2. The van der Waals surface area contributed by atoms with E-state index in [-0.39, 0.29) is 11.8 Å².